The minimum Gasteiger partial charge on any atom is -0.476 e. The molecule has 0 aromatic carbocycles. The van der Waals surface area contributed by atoms with E-state index >= 15 is 0 Å². The largest absolute Gasteiger partial charge is 0.476 e. The summed E-state index contributed by atoms with van der Waals surface area (Å²) < 4.78 is 1.55. The van der Waals surface area contributed by atoms with Gasteiger partial charge in [-0.1, -0.05) is 6.07 Å². The number of nitrogens with zero attached hydrogens (tertiary/aromatic N) is 3. The van der Waals surface area contributed by atoms with Crippen molar-refractivity contribution in [3.8, 4) is 0 Å². The van der Waals surface area contributed by atoms with Crippen LogP contribution in [0.1, 0.15) is 15.5 Å². The minimum atomic E-state index is -1.01. The summed E-state index contributed by atoms with van der Waals surface area (Å²) in [6.07, 6.45) is 3.39. The fourth-order valence-corrected chi connectivity index (χ4v) is 2.38. The van der Waals surface area contributed by atoms with E-state index in [1.807, 2.05) is 11.4 Å². The number of nitrogens with one attached hydrogen (secondary N) is 1. The number of pyridine rings is 1. The zero-order chi connectivity index (χ0) is 13.2. The quantitative estimate of drug-likeness (QED) is 0.761. The third-order valence-corrected chi connectivity index (χ3v) is 3.40. The lowest BCUT2D eigenvalue weighted by molar-refractivity contribution is 0.0690. The van der Waals surface area contributed by atoms with Crippen molar-refractivity contribution in [2.24, 2.45) is 0 Å². The van der Waals surface area contributed by atoms with Crippen LogP contribution < -0.4 is 5.32 Å². The van der Waals surface area contributed by atoms with Crippen LogP contribution in [0.3, 0.4) is 0 Å². The van der Waals surface area contributed by atoms with Crippen LogP contribution in [0, 0.1) is 0 Å². The molecule has 6 nitrogen and oxygen atoms in total. The van der Waals surface area contributed by atoms with E-state index in [4.69, 9.17) is 0 Å². The second kappa shape index (κ2) is 4.69. The molecule has 2 N–H and O–H groups in total. The molecule has 0 aliphatic heterocycles. The number of fused-ring (bicyclic) bond motifs is 1. The van der Waals surface area contributed by atoms with E-state index in [1.165, 1.54) is 11.3 Å². The van der Waals surface area contributed by atoms with Crippen LogP contribution in [-0.4, -0.2) is 25.4 Å². The van der Waals surface area contributed by atoms with Gasteiger partial charge < -0.3 is 10.4 Å². The molecule has 0 radical (unpaired) electrons. The second-order valence-corrected chi connectivity index (χ2v) is 4.80. The Kier molecular flexibility index (Phi) is 2.88. The van der Waals surface area contributed by atoms with Gasteiger partial charge in [-0.15, -0.1) is 11.3 Å². The van der Waals surface area contributed by atoms with Gasteiger partial charge in [0.05, 0.1) is 6.54 Å². The molecule has 3 aromatic heterocycles. The summed E-state index contributed by atoms with van der Waals surface area (Å²) in [6.45, 7) is 0.460. The number of hydrogen-bond donors (Lipinski definition) is 2. The molecule has 0 bridgehead atoms. The van der Waals surface area contributed by atoms with E-state index in [0.717, 1.165) is 5.01 Å². The highest BCUT2D eigenvalue weighted by atomic mass is 32.1. The molecule has 0 fully saturated rings. The smallest absolute Gasteiger partial charge is 0.356 e. The van der Waals surface area contributed by atoms with Gasteiger partial charge in [-0.3, -0.25) is 4.40 Å². The molecule has 0 saturated heterocycles. The number of anilines is 1. The van der Waals surface area contributed by atoms with Crippen molar-refractivity contribution in [3.63, 3.8) is 0 Å². The van der Waals surface area contributed by atoms with Gasteiger partial charge >= 0.3 is 5.97 Å². The van der Waals surface area contributed by atoms with Gasteiger partial charge in [-0.25, -0.2) is 14.8 Å². The summed E-state index contributed by atoms with van der Waals surface area (Å²) in [6, 6.07) is 5.35. The number of carboxylic acids is 1. The third-order valence-electron chi connectivity index (χ3n) is 2.62. The number of carboxylic acid groups (broad SMARTS) is 1. The Hall–Kier alpha value is -2.41. The first kappa shape index (κ1) is 11.7. The lowest BCUT2D eigenvalue weighted by Crippen LogP contribution is -2.07. The normalized spacial score (nSPS) is 10.7. The molecule has 3 aromatic rings. The Labute approximate surface area is 112 Å². The van der Waals surface area contributed by atoms with E-state index < -0.39 is 5.97 Å². The maximum Gasteiger partial charge on any atom is 0.356 e. The van der Waals surface area contributed by atoms with Gasteiger partial charge in [0.2, 0.25) is 0 Å². The highest BCUT2D eigenvalue weighted by Crippen LogP contribution is 2.18. The van der Waals surface area contributed by atoms with Crippen LogP contribution in [0.2, 0.25) is 0 Å². The number of rotatable bonds is 4. The predicted octanol–water partition coefficient (Wildman–Crippen LogP) is 2.10. The summed E-state index contributed by atoms with van der Waals surface area (Å²) in [7, 11) is 0. The number of thiazole rings is 1. The van der Waals surface area contributed by atoms with E-state index in [2.05, 4.69) is 15.3 Å². The predicted molar refractivity (Wildman–Crippen MR) is 71.6 cm³/mol. The van der Waals surface area contributed by atoms with Crippen molar-refractivity contribution in [3.05, 3.63) is 46.7 Å². The summed E-state index contributed by atoms with van der Waals surface area (Å²) in [4.78, 5) is 19.8. The molecule has 96 valence electrons. The van der Waals surface area contributed by atoms with E-state index in [9.17, 15) is 9.90 Å². The SMILES string of the molecule is O=C(O)c1c(NCc2nccs2)nc2ccccn12. The number of hydrogen-bond acceptors (Lipinski definition) is 5. The van der Waals surface area contributed by atoms with E-state index in [1.54, 1.807) is 28.9 Å². The fourth-order valence-electron chi connectivity index (χ4n) is 1.82. The molecule has 0 aliphatic carbocycles. The Morgan fingerprint density at radius 3 is 3.11 bits per heavy atom. The van der Waals surface area contributed by atoms with Gasteiger partial charge in [-0.2, -0.15) is 0 Å². The number of carbonyl (C=O) groups is 1. The molecule has 0 spiro atoms. The molecule has 7 heteroatoms. The lowest BCUT2D eigenvalue weighted by Gasteiger charge is -2.02. The molecule has 3 rings (SSSR count). The Bertz CT molecular complexity index is 720. The van der Waals surface area contributed by atoms with Crippen molar-refractivity contribution in [1.82, 2.24) is 14.4 Å². The van der Waals surface area contributed by atoms with Crippen molar-refractivity contribution in [1.29, 1.82) is 0 Å². The standard InChI is InChI=1S/C12H10N4O2S/c17-12(18)10-11(14-7-9-13-4-6-19-9)15-8-3-1-2-5-16(8)10/h1-6,14H,7H2,(H,17,18). The summed E-state index contributed by atoms with van der Waals surface area (Å²) in [5.74, 6) is -0.658. The minimum absolute atomic E-state index is 0.132. The summed E-state index contributed by atoms with van der Waals surface area (Å²) in [5, 5.41) is 15.1. The topological polar surface area (TPSA) is 79.5 Å². The monoisotopic (exact) mass is 274 g/mol. The number of aromatic carboxylic acids is 1. The first-order valence-corrected chi connectivity index (χ1v) is 6.46. The zero-order valence-corrected chi connectivity index (χ0v) is 10.6. The second-order valence-electron chi connectivity index (χ2n) is 3.82. The first-order valence-electron chi connectivity index (χ1n) is 5.58. The fraction of sp³-hybridized carbons (Fsp3) is 0.0833. The number of aromatic nitrogens is 3. The average Bonchev–Trinajstić information content (AvgIpc) is 3.03. The molecule has 0 aliphatic rings. The van der Waals surface area contributed by atoms with Crippen molar-refractivity contribution >= 4 is 28.8 Å². The highest BCUT2D eigenvalue weighted by Gasteiger charge is 2.18. The Morgan fingerprint density at radius 2 is 2.37 bits per heavy atom. The molecule has 0 saturated carbocycles. The van der Waals surface area contributed by atoms with Crippen molar-refractivity contribution < 1.29 is 9.90 Å². The maximum absolute atomic E-state index is 11.3. The van der Waals surface area contributed by atoms with Crippen LogP contribution in [-0.2, 0) is 6.54 Å². The molecule has 0 unspecified atom stereocenters. The van der Waals surface area contributed by atoms with Crippen LogP contribution >= 0.6 is 11.3 Å². The van der Waals surface area contributed by atoms with Gasteiger partial charge in [-0.05, 0) is 12.1 Å². The van der Waals surface area contributed by atoms with Gasteiger partial charge in [0.25, 0.3) is 0 Å². The first-order chi connectivity index (χ1) is 9.25. The van der Waals surface area contributed by atoms with Gasteiger partial charge in [0.15, 0.2) is 11.5 Å². The van der Waals surface area contributed by atoms with Crippen LogP contribution in [0.25, 0.3) is 5.65 Å². The van der Waals surface area contributed by atoms with Gasteiger partial charge in [0.1, 0.15) is 10.7 Å². The van der Waals surface area contributed by atoms with Crippen molar-refractivity contribution in [2.45, 2.75) is 6.54 Å². The molecular weight excluding hydrogens is 264 g/mol. The maximum atomic E-state index is 11.3. The van der Waals surface area contributed by atoms with Crippen LogP contribution in [0.4, 0.5) is 5.82 Å². The molecule has 19 heavy (non-hydrogen) atoms. The van der Waals surface area contributed by atoms with Crippen molar-refractivity contribution in [2.75, 3.05) is 5.32 Å². The number of imidazole rings is 1. The Morgan fingerprint density at radius 1 is 1.47 bits per heavy atom. The Balaban J connectivity index is 1.98. The van der Waals surface area contributed by atoms with E-state index in [-0.39, 0.29) is 5.69 Å². The summed E-state index contributed by atoms with van der Waals surface area (Å²) >= 11 is 1.51. The lowest BCUT2D eigenvalue weighted by atomic mass is 10.4. The summed E-state index contributed by atoms with van der Waals surface area (Å²) in [5.41, 5.74) is 0.730. The zero-order valence-electron chi connectivity index (χ0n) is 9.78. The molecular formula is C12H10N4O2S. The third kappa shape index (κ3) is 2.15. The van der Waals surface area contributed by atoms with Gasteiger partial charge in [0, 0.05) is 17.8 Å². The molecule has 3 heterocycles. The van der Waals surface area contributed by atoms with Crippen LogP contribution in [0.15, 0.2) is 36.0 Å². The van der Waals surface area contributed by atoms with Crippen LogP contribution in [0.5, 0.6) is 0 Å². The average molecular weight is 274 g/mol. The molecule has 0 atom stereocenters. The highest BCUT2D eigenvalue weighted by molar-refractivity contribution is 7.09. The molecule has 0 amide bonds. The van der Waals surface area contributed by atoms with E-state index in [0.29, 0.717) is 18.0 Å².